The maximum absolute atomic E-state index is 5.37. The molecule has 1 unspecified atom stereocenters. The zero-order valence-electron chi connectivity index (χ0n) is 13.2. The van der Waals surface area contributed by atoms with E-state index in [1.807, 2.05) is 12.1 Å². The van der Waals surface area contributed by atoms with Gasteiger partial charge in [-0.1, -0.05) is 24.5 Å². The summed E-state index contributed by atoms with van der Waals surface area (Å²) in [6.07, 6.45) is 8.98. The highest BCUT2D eigenvalue weighted by molar-refractivity contribution is 5.27. The van der Waals surface area contributed by atoms with Crippen LogP contribution in [0.3, 0.4) is 0 Å². The van der Waals surface area contributed by atoms with Crippen molar-refractivity contribution in [2.75, 3.05) is 32.8 Å². The van der Waals surface area contributed by atoms with Gasteiger partial charge in [0.2, 0.25) is 0 Å². The van der Waals surface area contributed by atoms with Gasteiger partial charge >= 0.3 is 0 Å². The largest absolute Gasteiger partial charge is 0.481 e. The Morgan fingerprint density at radius 2 is 2.05 bits per heavy atom. The molecular formula is C18H27N3O. The molecule has 1 heterocycles. The first-order chi connectivity index (χ1) is 10.9. The van der Waals surface area contributed by atoms with Crippen molar-refractivity contribution in [2.24, 2.45) is 0 Å². The smallest absolute Gasteiger partial charge is 0.148 e. The molecule has 1 atom stereocenters. The maximum atomic E-state index is 5.37. The van der Waals surface area contributed by atoms with Crippen LogP contribution in [0.25, 0.3) is 0 Å². The van der Waals surface area contributed by atoms with E-state index in [1.54, 1.807) is 0 Å². The van der Waals surface area contributed by atoms with Crippen LogP contribution in [0, 0.1) is 12.3 Å². The van der Waals surface area contributed by atoms with E-state index in [1.165, 1.54) is 24.8 Å². The Balaban J connectivity index is 1.69. The van der Waals surface area contributed by atoms with Crippen LogP contribution in [-0.2, 0) is 6.54 Å². The van der Waals surface area contributed by atoms with Crippen LogP contribution in [0.5, 0.6) is 5.75 Å². The standard InChI is InChI=1S/C18H27N3O/c1-2-13-22-18-8-6-16(7-9-18)14-20-15-17-5-3-4-10-19-11-12-21-17/h1,6-9,17,19-21H,3-5,10-15H2. The van der Waals surface area contributed by atoms with Crippen molar-refractivity contribution in [2.45, 2.75) is 31.8 Å². The summed E-state index contributed by atoms with van der Waals surface area (Å²) < 4.78 is 5.37. The molecule has 0 radical (unpaired) electrons. The molecule has 1 aromatic rings. The SMILES string of the molecule is C#CCOc1ccc(CNCC2CCCCNCCN2)cc1. The predicted molar refractivity (Wildman–Crippen MR) is 91.0 cm³/mol. The van der Waals surface area contributed by atoms with Crippen LogP contribution >= 0.6 is 0 Å². The molecule has 0 aliphatic carbocycles. The highest BCUT2D eigenvalue weighted by Gasteiger charge is 2.08. The van der Waals surface area contributed by atoms with Crippen LogP contribution in [0.15, 0.2) is 24.3 Å². The molecule has 3 N–H and O–H groups in total. The van der Waals surface area contributed by atoms with Crippen LogP contribution in [0.1, 0.15) is 24.8 Å². The number of terminal acetylenes is 1. The Hall–Kier alpha value is -1.54. The quantitative estimate of drug-likeness (QED) is 0.697. The molecule has 120 valence electrons. The third kappa shape index (κ3) is 6.48. The number of benzene rings is 1. The summed E-state index contributed by atoms with van der Waals surface area (Å²) in [5, 5.41) is 10.6. The first-order valence-electron chi connectivity index (χ1n) is 8.18. The minimum absolute atomic E-state index is 0.319. The van der Waals surface area contributed by atoms with Gasteiger partial charge in [0.25, 0.3) is 0 Å². The molecule has 1 aliphatic rings. The Morgan fingerprint density at radius 3 is 2.86 bits per heavy atom. The molecule has 1 aromatic carbocycles. The van der Waals surface area contributed by atoms with Crippen molar-refractivity contribution in [1.82, 2.24) is 16.0 Å². The summed E-state index contributed by atoms with van der Waals surface area (Å²) in [6.45, 7) is 5.47. The zero-order chi connectivity index (χ0) is 15.5. The molecule has 1 saturated heterocycles. The second-order valence-electron chi connectivity index (χ2n) is 5.66. The minimum Gasteiger partial charge on any atom is -0.481 e. The lowest BCUT2D eigenvalue weighted by molar-refractivity contribution is 0.370. The van der Waals surface area contributed by atoms with Crippen LogP contribution in [-0.4, -0.2) is 38.8 Å². The van der Waals surface area contributed by atoms with E-state index < -0.39 is 0 Å². The Kier molecular flexibility index (Phi) is 7.82. The van der Waals surface area contributed by atoms with Gasteiger partial charge in [-0.25, -0.2) is 0 Å². The molecule has 1 fully saturated rings. The number of ether oxygens (including phenoxy) is 1. The van der Waals surface area contributed by atoms with Gasteiger partial charge in [-0.2, -0.15) is 0 Å². The zero-order valence-corrected chi connectivity index (χ0v) is 13.2. The molecule has 0 amide bonds. The predicted octanol–water partition coefficient (Wildman–Crippen LogP) is 1.52. The molecule has 0 spiro atoms. The molecular weight excluding hydrogens is 274 g/mol. The van der Waals surface area contributed by atoms with Crippen LogP contribution < -0.4 is 20.7 Å². The normalized spacial score (nSPS) is 19.5. The summed E-state index contributed by atoms with van der Waals surface area (Å²) in [4.78, 5) is 0. The number of rotatable bonds is 6. The molecule has 4 heteroatoms. The van der Waals surface area contributed by atoms with E-state index in [2.05, 4.69) is 34.0 Å². The lowest BCUT2D eigenvalue weighted by atomic mass is 10.1. The van der Waals surface area contributed by atoms with Gasteiger partial charge < -0.3 is 20.7 Å². The first-order valence-corrected chi connectivity index (χ1v) is 8.18. The Morgan fingerprint density at radius 1 is 1.18 bits per heavy atom. The van der Waals surface area contributed by atoms with Crippen molar-refractivity contribution in [3.8, 4) is 18.1 Å². The Labute approximate surface area is 134 Å². The van der Waals surface area contributed by atoms with E-state index >= 15 is 0 Å². The fourth-order valence-corrected chi connectivity index (χ4v) is 2.63. The van der Waals surface area contributed by atoms with E-state index in [0.717, 1.165) is 38.5 Å². The third-order valence-electron chi connectivity index (χ3n) is 3.86. The monoisotopic (exact) mass is 301 g/mol. The fourth-order valence-electron chi connectivity index (χ4n) is 2.63. The van der Waals surface area contributed by atoms with E-state index in [0.29, 0.717) is 12.6 Å². The number of nitrogens with one attached hydrogen (secondary N) is 3. The highest BCUT2D eigenvalue weighted by Crippen LogP contribution is 2.12. The topological polar surface area (TPSA) is 45.3 Å². The Bertz CT molecular complexity index is 442. The maximum Gasteiger partial charge on any atom is 0.148 e. The molecule has 1 aliphatic heterocycles. The molecule has 0 bridgehead atoms. The second-order valence-corrected chi connectivity index (χ2v) is 5.66. The van der Waals surface area contributed by atoms with Gasteiger partial charge in [0, 0.05) is 32.2 Å². The highest BCUT2D eigenvalue weighted by atomic mass is 16.5. The van der Waals surface area contributed by atoms with Gasteiger partial charge in [0.1, 0.15) is 12.4 Å². The molecule has 2 rings (SSSR count). The number of hydrogen-bond acceptors (Lipinski definition) is 4. The minimum atomic E-state index is 0.319. The van der Waals surface area contributed by atoms with Crippen molar-refractivity contribution in [1.29, 1.82) is 0 Å². The third-order valence-corrected chi connectivity index (χ3v) is 3.86. The number of hydrogen-bond donors (Lipinski definition) is 3. The molecule has 22 heavy (non-hydrogen) atoms. The fraction of sp³-hybridized carbons (Fsp3) is 0.556. The first kappa shape index (κ1) is 16.8. The molecule has 0 aromatic heterocycles. The van der Waals surface area contributed by atoms with Crippen molar-refractivity contribution >= 4 is 0 Å². The average Bonchev–Trinajstić information content (AvgIpc) is 2.68. The van der Waals surface area contributed by atoms with Gasteiger partial charge in [-0.3, -0.25) is 0 Å². The second kappa shape index (κ2) is 10.2. The van der Waals surface area contributed by atoms with Gasteiger partial charge in [-0.05, 0) is 37.1 Å². The van der Waals surface area contributed by atoms with Gasteiger partial charge in [-0.15, -0.1) is 6.42 Å². The summed E-state index contributed by atoms with van der Waals surface area (Å²) >= 11 is 0. The van der Waals surface area contributed by atoms with Gasteiger partial charge in [0.15, 0.2) is 0 Å². The van der Waals surface area contributed by atoms with Gasteiger partial charge in [0.05, 0.1) is 0 Å². The summed E-state index contributed by atoms with van der Waals surface area (Å²) in [6, 6.07) is 8.67. The van der Waals surface area contributed by atoms with Crippen molar-refractivity contribution in [3.63, 3.8) is 0 Å². The van der Waals surface area contributed by atoms with E-state index in [9.17, 15) is 0 Å². The van der Waals surface area contributed by atoms with E-state index in [4.69, 9.17) is 11.2 Å². The van der Waals surface area contributed by atoms with E-state index in [-0.39, 0.29) is 0 Å². The lowest BCUT2D eigenvalue weighted by Crippen LogP contribution is -2.40. The van der Waals surface area contributed by atoms with Crippen molar-refractivity contribution in [3.05, 3.63) is 29.8 Å². The molecule has 0 saturated carbocycles. The average molecular weight is 301 g/mol. The summed E-state index contributed by atoms with van der Waals surface area (Å²) in [5.74, 6) is 3.30. The van der Waals surface area contributed by atoms with Crippen LogP contribution in [0.2, 0.25) is 0 Å². The van der Waals surface area contributed by atoms with Crippen LogP contribution in [0.4, 0.5) is 0 Å². The van der Waals surface area contributed by atoms with Crippen molar-refractivity contribution < 1.29 is 4.74 Å². The summed E-state index contributed by atoms with van der Waals surface area (Å²) in [7, 11) is 0. The summed E-state index contributed by atoms with van der Waals surface area (Å²) in [5.41, 5.74) is 1.26. The lowest BCUT2D eigenvalue weighted by Gasteiger charge is -2.18. The molecule has 4 nitrogen and oxygen atoms in total.